The van der Waals surface area contributed by atoms with Gasteiger partial charge in [0.2, 0.25) is 0 Å². The fraction of sp³-hybridized carbons (Fsp3) is 0.533. The van der Waals surface area contributed by atoms with E-state index in [-0.39, 0.29) is 18.2 Å². The number of benzene rings is 1. The van der Waals surface area contributed by atoms with Gasteiger partial charge in [0.05, 0.1) is 6.61 Å². The summed E-state index contributed by atoms with van der Waals surface area (Å²) in [7, 11) is 0. The number of carboxylic acid groups (broad SMARTS) is 1. The molecule has 23 heavy (non-hydrogen) atoms. The van der Waals surface area contributed by atoms with Crippen LogP contribution < -0.4 is 5.32 Å². The average molecular weight is 331 g/mol. The lowest BCUT2D eigenvalue weighted by atomic mass is 9.90. The first-order valence-electron chi connectivity index (χ1n) is 7.34. The fourth-order valence-corrected chi connectivity index (χ4v) is 3.23. The molecule has 2 aliphatic rings. The standard InChI is InChI=1S/C15H16F3NO4/c16-10-5-12(18)11(17)4-9(10)13-7-22-15(23-13)3-1-2-8(6-15)19-14(20)21/h4-5,8,13,19H,1-3,6-7H2,(H,20,21)/t8-,13?,15?/m0/s1. The molecule has 0 radical (unpaired) electrons. The van der Waals surface area contributed by atoms with Gasteiger partial charge < -0.3 is 19.9 Å². The molecule has 1 aliphatic heterocycles. The second-order valence-corrected chi connectivity index (χ2v) is 5.86. The van der Waals surface area contributed by atoms with Gasteiger partial charge in [-0.3, -0.25) is 0 Å². The molecule has 1 heterocycles. The van der Waals surface area contributed by atoms with Gasteiger partial charge in [0.25, 0.3) is 0 Å². The summed E-state index contributed by atoms with van der Waals surface area (Å²) in [5.41, 5.74) is -0.103. The Kier molecular flexibility index (Phi) is 4.20. The number of ether oxygens (including phenoxy) is 2. The first kappa shape index (κ1) is 16.1. The van der Waals surface area contributed by atoms with Gasteiger partial charge in [-0.25, -0.2) is 18.0 Å². The van der Waals surface area contributed by atoms with Gasteiger partial charge in [-0.2, -0.15) is 0 Å². The van der Waals surface area contributed by atoms with Crippen molar-refractivity contribution in [2.24, 2.45) is 0 Å². The van der Waals surface area contributed by atoms with Crippen molar-refractivity contribution in [2.45, 2.75) is 43.6 Å². The van der Waals surface area contributed by atoms with Crippen LogP contribution in [0.2, 0.25) is 0 Å². The van der Waals surface area contributed by atoms with Gasteiger partial charge in [-0.05, 0) is 18.9 Å². The van der Waals surface area contributed by atoms with Crippen molar-refractivity contribution < 1.29 is 32.5 Å². The maximum absolute atomic E-state index is 13.9. The van der Waals surface area contributed by atoms with E-state index in [1.54, 1.807) is 0 Å². The highest BCUT2D eigenvalue weighted by atomic mass is 19.2. The highest BCUT2D eigenvalue weighted by Gasteiger charge is 2.46. The third-order valence-electron chi connectivity index (χ3n) is 4.24. The molecule has 1 spiro atoms. The molecule has 1 aromatic carbocycles. The minimum absolute atomic E-state index is 0.00177. The molecular weight excluding hydrogens is 315 g/mol. The molecule has 126 valence electrons. The summed E-state index contributed by atoms with van der Waals surface area (Å²) in [4.78, 5) is 10.8. The van der Waals surface area contributed by atoms with Gasteiger partial charge in [0.1, 0.15) is 11.9 Å². The molecule has 8 heteroatoms. The summed E-state index contributed by atoms with van der Waals surface area (Å²) in [5.74, 6) is -4.33. The van der Waals surface area contributed by atoms with E-state index in [0.717, 1.165) is 6.07 Å². The lowest BCUT2D eigenvalue weighted by molar-refractivity contribution is -0.192. The van der Waals surface area contributed by atoms with E-state index < -0.39 is 35.4 Å². The molecule has 1 saturated heterocycles. The van der Waals surface area contributed by atoms with Gasteiger partial charge in [0, 0.05) is 30.5 Å². The van der Waals surface area contributed by atoms with Crippen LogP contribution in [-0.4, -0.2) is 29.6 Å². The van der Waals surface area contributed by atoms with Gasteiger partial charge >= 0.3 is 6.09 Å². The third-order valence-corrected chi connectivity index (χ3v) is 4.24. The molecule has 0 bridgehead atoms. The van der Waals surface area contributed by atoms with Crippen LogP contribution in [0.15, 0.2) is 12.1 Å². The Hall–Kier alpha value is -1.80. The normalized spacial score (nSPS) is 30.6. The largest absolute Gasteiger partial charge is 0.465 e. The first-order valence-corrected chi connectivity index (χ1v) is 7.34. The van der Waals surface area contributed by atoms with Crippen LogP contribution in [0.25, 0.3) is 0 Å². The maximum atomic E-state index is 13.9. The van der Waals surface area contributed by atoms with Crippen molar-refractivity contribution >= 4 is 6.09 Å². The van der Waals surface area contributed by atoms with Crippen molar-refractivity contribution in [3.05, 3.63) is 35.1 Å². The zero-order chi connectivity index (χ0) is 16.6. The number of hydrogen-bond acceptors (Lipinski definition) is 3. The molecule has 5 nitrogen and oxygen atoms in total. The summed E-state index contributed by atoms with van der Waals surface area (Å²) >= 11 is 0. The lowest BCUT2D eigenvalue weighted by Crippen LogP contribution is -2.46. The number of rotatable bonds is 2. The molecule has 1 saturated carbocycles. The predicted molar refractivity (Wildman–Crippen MR) is 72.2 cm³/mol. The van der Waals surface area contributed by atoms with E-state index in [2.05, 4.69) is 5.32 Å². The zero-order valence-electron chi connectivity index (χ0n) is 12.2. The minimum Gasteiger partial charge on any atom is -0.465 e. The van der Waals surface area contributed by atoms with Crippen molar-refractivity contribution in [2.75, 3.05) is 6.61 Å². The molecule has 1 aromatic rings. The second kappa shape index (κ2) is 6.01. The van der Waals surface area contributed by atoms with Gasteiger partial charge in [-0.1, -0.05) is 0 Å². The predicted octanol–water partition coefficient (Wildman–Crippen LogP) is 3.10. The van der Waals surface area contributed by atoms with Crippen LogP contribution in [-0.2, 0) is 9.47 Å². The molecular formula is C15H16F3NO4. The number of amides is 1. The maximum Gasteiger partial charge on any atom is 0.404 e. The molecule has 2 N–H and O–H groups in total. The average Bonchev–Trinajstić information content (AvgIpc) is 2.85. The SMILES string of the molecule is O=C(O)N[C@H]1CCCC2(C1)OCC(c1cc(F)c(F)cc1F)O2. The number of carbonyl (C=O) groups is 1. The van der Waals surface area contributed by atoms with Crippen molar-refractivity contribution in [3.63, 3.8) is 0 Å². The first-order chi connectivity index (χ1) is 10.9. The summed E-state index contributed by atoms with van der Waals surface area (Å²) in [5, 5.41) is 11.2. The van der Waals surface area contributed by atoms with Crippen LogP contribution in [0.3, 0.4) is 0 Å². The van der Waals surface area contributed by atoms with E-state index in [4.69, 9.17) is 14.6 Å². The molecule has 2 fully saturated rings. The van der Waals surface area contributed by atoms with Crippen molar-refractivity contribution in [1.29, 1.82) is 0 Å². The van der Waals surface area contributed by atoms with Gasteiger partial charge in [0.15, 0.2) is 17.4 Å². The molecule has 3 rings (SSSR count). The quantitative estimate of drug-likeness (QED) is 0.817. The summed E-state index contributed by atoms with van der Waals surface area (Å²) in [6.45, 7) is 0.00177. The van der Waals surface area contributed by atoms with E-state index >= 15 is 0 Å². The third kappa shape index (κ3) is 3.28. The topological polar surface area (TPSA) is 67.8 Å². The van der Waals surface area contributed by atoms with Crippen LogP contribution in [0.5, 0.6) is 0 Å². The van der Waals surface area contributed by atoms with E-state index in [1.807, 2.05) is 0 Å². The Morgan fingerprint density at radius 1 is 1.26 bits per heavy atom. The van der Waals surface area contributed by atoms with Crippen LogP contribution in [0, 0.1) is 17.5 Å². The molecule has 3 atom stereocenters. The van der Waals surface area contributed by atoms with E-state index in [0.29, 0.717) is 31.7 Å². The second-order valence-electron chi connectivity index (χ2n) is 5.86. The summed E-state index contributed by atoms with van der Waals surface area (Å²) in [6, 6.07) is 0.928. The monoisotopic (exact) mass is 331 g/mol. The minimum atomic E-state index is -1.26. The Morgan fingerprint density at radius 2 is 2.00 bits per heavy atom. The Bertz CT molecular complexity index is 627. The van der Waals surface area contributed by atoms with Crippen LogP contribution >= 0.6 is 0 Å². The number of nitrogens with one attached hydrogen (secondary N) is 1. The van der Waals surface area contributed by atoms with Crippen LogP contribution in [0.4, 0.5) is 18.0 Å². The fourth-order valence-electron chi connectivity index (χ4n) is 3.23. The van der Waals surface area contributed by atoms with E-state index in [1.165, 1.54) is 0 Å². The number of halogens is 3. The number of hydrogen-bond donors (Lipinski definition) is 2. The van der Waals surface area contributed by atoms with Crippen molar-refractivity contribution in [3.8, 4) is 0 Å². The van der Waals surface area contributed by atoms with Gasteiger partial charge in [-0.15, -0.1) is 0 Å². The highest BCUT2D eigenvalue weighted by molar-refractivity contribution is 5.64. The van der Waals surface area contributed by atoms with Crippen molar-refractivity contribution in [1.82, 2.24) is 5.32 Å². The summed E-state index contributed by atoms with van der Waals surface area (Å²) in [6.07, 6.45) is 0.179. The Morgan fingerprint density at radius 3 is 2.74 bits per heavy atom. The molecule has 2 unspecified atom stereocenters. The lowest BCUT2D eigenvalue weighted by Gasteiger charge is -2.36. The van der Waals surface area contributed by atoms with E-state index in [9.17, 15) is 18.0 Å². The highest BCUT2D eigenvalue weighted by Crippen LogP contribution is 2.43. The molecule has 1 aliphatic carbocycles. The zero-order valence-corrected chi connectivity index (χ0v) is 12.2. The van der Waals surface area contributed by atoms with Crippen LogP contribution in [0.1, 0.15) is 37.4 Å². The molecule has 0 aromatic heterocycles. The Labute approximate surface area is 130 Å². The Balaban J connectivity index is 1.75. The molecule has 1 amide bonds. The summed E-state index contributed by atoms with van der Waals surface area (Å²) < 4.78 is 51.6. The smallest absolute Gasteiger partial charge is 0.404 e.